The summed E-state index contributed by atoms with van der Waals surface area (Å²) < 4.78 is 2.18. The van der Waals surface area contributed by atoms with Crippen molar-refractivity contribution in [3.05, 3.63) is 138 Å². The number of nitrogens with one attached hydrogen (secondary N) is 1. The summed E-state index contributed by atoms with van der Waals surface area (Å²) >= 11 is 8.16. The third-order valence-electron chi connectivity index (χ3n) is 5.96. The molecule has 1 N–H and O–H groups in total. The molecule has 0 radical (unpaired) electrons. The maximum Gasteiger partial charge on any atom is 0.151 e. The Labute approximate surface area is 218 Å². The minimum absolute atomic E-state index is 0.689. The lowest BCUT2D eigenvalue weighted by atomic mass is 9.97. The molecule has 4 heterocycles. The molecule has 5 aromatic rings. The molecule has 174 valence electrons. The third-order valence-corrected chi connectivity index (χ3v) is 7.32. The molecule has 36 heavy (non-hydrogen) atoms. The van der Waals surface area contributed by atoms with Crippen LogP contribution in [-0.2, 0) is 0 Å². The van der Waals surface area contributed by atoms with Crippen LogP contribution in [0.3, 0.4) is 0 Å². The molecule has 0 fully saturated rings. The summed E-state index contributed by atoms with van der Waals surface area (Å²) in [6, 6.07) is 26.4. The predicted octanol–water partition coefficient (Wildman–Crippen LogP) is 7.85. The lowest BCUT2D eigenvalue weighted by Crippen LogP contribution is -2.14. The minimum Gasteiger partial charge on any atom is -0.355 e. The summed E-state index contributed by atoms with van der Waals surface area (Å²) in [5, 5.41) is 5.11. The van der Waals surface area contributed by atoms with Gasteiger partial charge in [-0.25, -0.2) is 4.98 Å². The second-order valence-electron chi connectivity index (χ2n) is 8.35. The van der Waals surface area contributed by atoms with Crippen molar-refractivity contribution in [1.29, 1.82) is 0 Å². The van der Waals surface area contributed by atoms with Gasteiger partial charge in [-0.3, -0.25) is 8.96 Å². The standard InChI is InChI=1S/C30H21ClN4S/c1-20-16-22(17-28(34-20)25-11-5-6-12-27(25)31)24-13-15-33-30-26(24)18-29(21-8-7-14-32-19-21)35(30)36-23-9-3-2-4-10-23/h2-19,34H,1H2. The Morgan fingerprint density at radius 2 is 1.69 bits per heavy atom. The summed E-state index contributed by atoms with van der Waals surface area (Å²) in [5.74, 6) is 0. The SMILES string of the molecule is C=C1C=C(c2ccnc3c2cc(-c2cccnc2)n3Sc2ccccc2)C=C(c2ccccc2Cl)N1. The third kappa shape index (κ3) is 4.24. The summed E-state index contributed by atoms with van der Waals surface area (Å²) in [6.07, 6.45) is 9.71. The second kappa shape index (κ2) is 9.53. The maximum atomic E-state index is 6.51. The highest BCUT2D eigenvalue weighted by Crippen LogP contribution is 2.38. The smallest absolute Gasteiger partial charge is 0.151 e. The van der Waals surface area contributed by atoms with Gasteiger partial charge in [-0.15, -0.1) is 0 Å². The molecule has 0 bridgehead atoms. The van der Waals surface area contributed by atoms with Crippen molar-refractivity contribution in [2.75, 3.05) is 0 Å². The van der Waals surface area contributed by atoms with E-state index in [1.807, 2.05) is 60.9 Å². The van der Waals surface area contributed by atoms with Crippen molar-refractivity contribution in [3.63, 3.8) is 0 Å². The van der Waals surface area contributed by atoms with Crippen LogP contribution in [0.2, 0.25) is 5.02 Å². The van der Waals surface area contributed by atoms with E-state index < -0.39 is 0 Å². The summed E-state index contributed by atoms with van der Waals surface area (Å²) in [5.41, 5.74) is 7.72. The van der Waals surface area contributed by atoms with Gasteiger partial charge in [-0.1, -0.05) is 54.6 Å². The Kier molecular flexibility index (Phi) is 5.93. The van der Waals surface area contributed by atoms with Crippen molar-refractivity contribution in [2.24, 2.45) is 0 Å². The maximum absolute atomic E-state index is 6.51. The van der Waals surface area contributed by atoms with Crippen molar-refractivity contribution >= 4 is 45.9 Å². The topological polar surface area (TPSA) is 42.7 Å². The number of hydrogen-bond acceptors (Lipinski definition) is 4. The molecule has 0 atom stereocenters. The number of benzene rings is 2. The Balaban J connectivity index is 1.53. The first-order valence-corrected chi connectivity index (χ1v) is 12.6. The molecule has 3 aromatic heterocycles. The molecule has 1 aliphatic rings. The number of hydrogen-bond donors (Lipinski definition) is 1. The van der Waals surface area contributed by atoms with E-state index in [9.17, 15) is 0 Å². The van der Waals surface area contributed by atoms with Crippen LogP contribution in [0.15, 0.2) is 127 Å². The Morgan fingerprint density at radius 1 is 0.861 bits per heavy atom. The summed E-state index contributed by atoms with van der Waals surface area (Å²) in [4.78, 5) is 10.3. The van der Waals surface area contributed by atoms with Crippen LogP contribution in [0, 0.1) is 0 Å². The van der Waals surface area contributed by atoms with Gasteiger partial charge in [0, 0.05) is 56.4 Å². The van der Waals surface area contributed by atoms with Gasteiger partial charge in [0.25, 0.3) is 0 Å². The van der Waals surface area contributed by atoms with Gasteiger partial charge in [-0.2, -0.15) is 0 Å². The van der Waals surface area contributed by atoms with Crippen molar-refractivity contribution in [1.82, 2.24) is 19.3 Å². The molecule has 0 aliphatic carbocycles. The highest BCUT2D eigenvalue weighted by atomic mass is 35.5. The van der Waals surface area contributed by atoms with E-state index in [0.29, 0.717) is 5.02 Å². The molecule has 4 nitrogen and oxygen atoms in total. The normalized spacial score (nSPS) is 13.3. The van der Waals surface area contributed by atoms with Crippen molar-refractivity contribution in [2.45, 2.75) is 4.90 Å². The van der Waals surface area contributed by atoms with E-state index >= 15 is 0 Å². The fourth-order valence-corrected chi connectivity index (χ4v) is 5.55. The van der Waals surface area contributed by atoms with E-state index in [2.05, 4.69) is 63.3 Å². The van der Waals surface area contributed by atoms with Crippen LogP contribution in [0.5, 0.6) is 0 Å². The van der Waals surface area contributed by atoms with E-state index in [-0.39, 0.29) is 0 Å². The number of nitrogens with zero attached hydrogens (tertiary/aromatic N) is 3. The van der Waals surface area contributed by atoms with Crippen LogP contribution in [0.25, 0.3) is 33.6 Å². The van der Waals surface area contributed by atoms with Crippen molar-refractivity contribution < 1.29 is 0 Å². The van der Waals surface area contributed by atoms with Crippen LogP contribution in [0.1, 0.15) is 11.1 Å². The van der Waals surface area contributed by atoms with E-state index in [4.69, 9.17) is 16.6 Å². The summed E-state index contributed by atoms with van der Waals surface area (Å²) in [6.45, 7) is 4.20. The highest BCUT2D eigenvalue weighted by molar-refractivity contribution is 7.98. The Hall–Kier alpha value is -4.06. The van der Waals surface area contributed by atoms with E-state index in [1.165, 1.54) is 0 Å². The fraction of sp³-hybridized carbons (Fsp3) is 0. The molecule has 0 spiro atoms. The lowest BCUT2D eigenvalue weighted by molar-refractivity contribution is 1.13. The molecular weight excluding hydrogens is 484 g/mol. The van der Waals surface area contributed by atoms with Gasteiger partial charge in [-0.05, 0) is 77.7 Å². The van der Waals surface area contributed by atoms with Crippen LogP contribution >= 0.6 is 23.5 Å². The quantitative estimate of drug-likeness (QED) is 0.264. The molecule has 0 unspecified atom stereocenters. The number of dihydropyridines is 1. The average molecular weight is 505 g/mol. The zero-order valence-electron chi connectivity index (χ0n) is 19.2. The zero-order chi connectivity index (χ0) is 24.5. The fourth-order valence-electron chi connectivity index (χ4n) is 4.33. The number of aromatic nitrogens is 3. The van der Waals surface area contributed by atoms with Gasteiger partial charge < -0.3 is 5.32 Å². The highest BCUT2D eigenvalue weighted by Gasteiger charge is 2.19. The molecule has 0 amide bonds. The molecule has 2 aromatic carbocycles. The second-order valence-corrected chi connectivity index (χ2v) is 9.78. The van der Waals surface area contributed by atoms with Crippen molar-refractivity contribution in [3.8, 4) is 11.3 Å². The molecule has 0 saturated heterocycles. The minimum atomic E-state index is 0.689. The molecule has 6 heteroatoms. The lowest BCUT2D eigenvalue weighted by Gasteiger charge is -2.19. The summed E-state index contributed by atoms with van der Waals surface area (Å²) in [7, 11) is 0. The number of halogens is 1. The van der Waals surface area contributed by atoms with E-state index in [0.717, 1.165) is 55.3 Å². The van der Waals surface area contributed by atoms with Crippen LogP contribution in [0.4, 0.5) is 0 Å². The van der Waals surface area contributed by atoms with Gasteiger partial charge in [0.1, 0.15) is 0 Å². The molecule has 0 saturated carbocycles. The predicted molar refractivity (Wildman–Crippen MR) is 150 cm³/mol. The van der Waals surface area contributed by atoms with Gasteiger partial charge in [0.2, 0.25) is 0 Å². The number of rotatable bonds is 5. The van der Waals surface area contributed by atoms with Gasteiger partial charge in [0.15, 0.2) is 5.65 Å². The molecule has 1 aliphatic heterocycles. The average Bonchev–Trinajstić information content (AvgIpc) is 3.28. The largest absolute Gasteiger partial charge is 0.355 e. The van der Waals surface area contributed by atoms with E-state index in [1.54, 1.807) is 18.1 Å². The van der Waals surface area contributed by atoms with Gasteiger partial charge in [0.05, 0.1) is 5.69 Å². The molecule has 6 rings (SSSR count). The first kappa shape index (κ1) is 22.4. The number of pyridine rings is 2. The number of allylic oxidation sites excluding steroid dienone is 3. The zero-order valence-corrected chi connectivity index (χ0v) is 20.8. The Bertz CT molecular complexity index is 1650. The first-order valence-electron chi connectivity index (χ1n) is 11.5. The monoisotopic (exact) mass is 504 g/mol. The first-order chi connectivity index (χ1) is 17.7. The molecular formula is C30H21ClN4S. The van der Waals surface area contributed by atoms with Crippen LogP contribution in [-0.4, -0.2) is 13.9 Å². The van der Waals surface area contributed by atoms with Gasteiger partial charge >= 0.3 is 0 Å². The van der Waals surface area contributed by atoms with Crippen LogP contribution < -0.4 is 5.32 Å². The number of fused-ring (bicyclic) bond motifs is 1. The Morgan fingerprint density at radius 3 is 2.50 bits per heavy atom.